The normalized spacial score (nSPS) is 16.7. The molecular formula is C11H13NO3. The molecule has 1 aliphatic rings. The van der Waals surface area contributed by atoms with Crippen molar-refractivity contribution in [3.05, 3.63) is 23.5 Å². The van der Waals surface area contributed by atoms with Crippen LogP contribution in [0.1, 0.15) is 29.9 Å². The third-order valence-electron chi connectivity index (χ3n) is 2.50. The molecular weight excluding hydrogens is 194 g/mol. The van der Waals surface area contributed by atoms with Gasteiger partial charge in [0.2, 0.25) is 0 Å². The van der Waals surface area contributed by atoms with Crippen molar-refractivity contribution in [1.29, 1.82) is 0 Å². The van der Waals surface area contributed by atoms with Crippen molar-refractivity contribution in [3.8, 4) is 5.75 Å². The molecule has 0 aliphatic carbocycles. The van der Waals surface area contributed by atoms with E-state index in [4.69, 9.17) is 4.74 Å². The maximum Gasteiger partial charge on any atom is 0.339 e. The molecule has 0 saturated heterocycles. The molecule has 4 nitrogen and oxygen atoms in total. The van der Waals surface area contributed by atoms with Crippen LogP contribution in [0.25, 0.3) is 0 Å². The number of nitrogens with zero attached hydrogens (tertiary/aromatic N) is 1. The van der Waals surface area contributed by atoms with Crippen LogP contribution in [-0.4, -0.2) is 24.7 Å². The third kappa shape index (κ3) is 1.56. The Morgan fingerprint density at radius 2 is 2.33 bits per heavy atom. The fraction of sp³-hybridized carbons (Fsp3) is 0.455. The zero-order valence-corrected chi connectivity index (χ0v) is 9.03. The van der Waals surface area contributed by atoms with Crippen LogP contribution in [0.5, 0.6) is 5.75 Å². The minimum atomic E-state index is -0.390. The summed E-state index contributed by atoms with van der Waals surface area (Å²) in [5, 5.41) is 0. The van der Waals surface area contributed by atoms with E-state index in [9.17, 15) is 4.79 Å². The largest absolute Gasteiger partial charge is 0.491 e. The number of hydrogen-bond donors (Lipinski definition) is 0. The van der Waals surface area contributed by atoms with E-state index >= 15 is 0 Å². The van der Waals surface area contributed by atoms with Crippen LogP contribution < -0.4 is 4.74 Å². The van der Waals surface area contributed by atoms with Gasteiger partial charge in [0.15, 0.2) is 0 Å². The molecule has 0 fully saturated rings. The van der Waals surface area contributed by atoms with Gasteiger partial charge in [-0.05, 0) is 6.07 Å². The molecule has 0 saturated carbocycles. The highest BCUT2D eigenvalue weighted by molar-refractivity contribution is 5.89. The van der Waals surface area contributed by atoms with Crippen LogP contribution in [-0.2, 0) is 10.2 Å². The monoisotopic (exact) mass is 207 g/mol. The molecule has 0 aromatic carbocycles. The molecule has 2 rings (SSSR count). The minimum Gasteiger partial charge on any atom is -0.491 e. The lowest BCUT2D eigenvalue weighted by Gasteiger charge is -2.13. The Balaban J connectivity index is 2.42. The van der Waals surface area contributed by atoms with Crippen molar-refractivity contribution in [3.63, 3.8) is 0 Å². The van der Waals surface area contributed by atoms with Crippen LogP contribution in [0, 0.1) is 0 Å². The van der Waals surface area contributed by atoms with Crippen molar-refractivity contribution in [1.82, 2.24) is 4.98 Å². The molecule has 0 bridgehead atoms. The molecule has 0 atom stereocenters. The van der Waals surface area contributed by atoms with Gasteiger partial charge in [0.1, 0.15) is 5.75 Å². The van der Waals surface area contributed by atoms with Gasteiger partial charge in [-0.2, -0.15) is 0 Å². The Kier molecular flexibility index (Phi) is 2.14. The van der Waals surface area contributed by atoms with E-state index in [1.807, 2.05) is 0 Å². The molecule has 1 aromatic heterocycles. The molecule has 0 amide bonds. The number of carbonyl (C=O) groups is 1. The number of pyridine rings is 1. The summed E-state index contributed by atoms with van der Waals surface area (Å²) in [6.45, 7) is 4.72. The topological polar surface area (TPSA) is 48.4 Å². The number of rotatable bonds is 1. The van der Waals surface area contributed by atoms with Gasteiger partial charge in [0, 0.05) is 11.6 Å². The standard InChI is InChI=1S/C11H13NO3/c1-11(2)6-15-8-4-7(10(13)14-3)5-12-9(8)11/h4-5H,6H2,1-3H3. The SMILES string of the molecule is COC(=O)c1cnc2c(c1)OCC2(C)C. The molecule has 0 spiro atoms. The summed E-state index contributed by atoms with van der Waals surface area (Å²) in [6.07, 6.45) is 1.53. The number of carbonyl (C=O) groups excluding carboxylic acids is 1. The first-order chi connectivity index (χ1) is 7.04. The molecule has 0 unspecified atom stereocenters. The van der Waals surface area contributed by atoms with Crippen LogP contribution in [0.2, 0.25) is 0 Å². The Morgan fingerprint density at radius 3 is 3.00 bits per heavy atom. The van der Waals surface area contributed by atoms with Gasteiger partial charge in [-0.25, -0.2) is 4.79 Å². The molecule has 4 heteroatoms. The molecule has 0 N–H and O–H groups in total. The maximum atomic E-state index is 11.3. The van der Waals surface area contributed by atoms with Crippen molar-refractivity contribution in [2.75, 3.05) is 13.7 Å². The number of hydrogen-bond acceptors (Lipinski definition) is 4. The van der Waals surface area contributed by atoms with Crippen molar-refractivity contribution >= 4 is 5.97 Å². The smallest absolute Gasteiger partial charge is 0.339 e. The second-order valence-corrected chi connectivity index (χ2v) is 4.23. The lowest BCUT2D eigenvalue weighted by atomic mass is 9.91. The van der Waals surface area contributed by atoms with E-state index in [1.165, 1.54) is 13.3 Å². The molecule has 15 heavy (non-hydrogen) atoms. The van der Waals surface area contributed by atoms with Gasteiger partial charge in [0.25, 0.3) is 0 Å². The Bertz CT molecular complexity index is 412. The van der Waals surface area contributed by atoms with E-state index in [1.54, 1.807) is 6.07 Å². The van der Waals surface area contributed by atoms with E-state index in [-0.39, 0.29) is 5.41 Å². The highest BCUT2D eigenvalue weighted by Gasteiger charge is 2.33. The van der Waals surface area contributed by atoms with Crippen LogP contribution in [0.4, 0.5) is 0 Å². The van der Waals surface area contributed by atoms with Crippen molar-refractivity contribution in [2.45, 2.75) is 19.3 Å². The third-order valence-corrected chi connectivity index (χ3v) is 2.50. The molecule has 0 radical (unpaired) electrons. The Morgan fingerprint density at radius 1 is 1.60 bits per heavy atom. The summed E-state index contributed by atoms with van der Waals surface area (Å²) in [4.78, 5) is 15.5. The lowest BCUT2D eigenvalue weighted by molar-refractivity contribution is 0.0600. The van der Waals surface area contributed by atoms with Gasteiger partial charge in [-0.15, -0.1) is 0 Å². The summed E-state index contributed by atoms with van der Waals surface area (Å²) >= 11 is 0. The summed E-state index contributed by atoms with van der Waals surface area (Å²) in [6, 6.07) is 1.68. The number of ether oxygens (including phenoxy) is 2. The van der Waals surface area contributed by atoms with Crippen LogP contribution in [0.3, 0.4) is 0 Å². The fourth-order valence-corrected chi connectivity index (χ4v) is 1.62. The van der Waals surface area contributed by atoms with E-state index < -0.39 is 5.97 Å². The van der Waals surface area contributed by atoms with Gasteiger partial charge in [-0.3, -0.25) is 4.98 Å². The number of fused-ring (bicyclic) bond motifs is 1. The zero-order chi connectivity index (χ0) is 11.1. The average Bonchev–Trinajstić information content (AvgIpc) is 2.53. The fourth-order valence-electron chi connectivity index (χ4n) is 1.62. The summed E-state index contributed by atoms with van der Waals surface area (Å²) in [5.74, 6) is 0.293. The highest BCUT2D eigenvalue weighted by atomic mass is 16.5. The second kappa shape index (κ2) is 3.22. The van der Waals surface area contributed by atoms with Crippen molar-refractivity contribution in [2.24, 2.45) is 0 Å². The van der Waals surface area contributed by atoms with Gasteiger partial charge >= 0.3 is 5.97 Å². The van der Waals surface area contributed by atoms with Crippen LogP contribution in [0.15, 0.2) is 12.3 Å². The molecule has 1 aliphatic heterocycles. The first kappa shape index (κ1) is 9.96. The zero-order valence-electron chi connectivity index (χ0n) is 9.03. The first-order valence-corrected chi connectivity index (χ1v) is 4.76. The molecule has 80 valence electrons. The number of methoxy groups -OCH3 is 1. The van der Waals surface area contributed by atoms with Gasteiger partial charge < -0.3 is 9.47 Å². The highest BCUT2D eigenvalue weighted by Crippen LogP contribution is 2.36. The minimum absolute atomic E-state index is 0.0794. The average molecular weight is 207 g/mol. The lowest BCUT2D eigenvalue weighted by Crippen LogP contribution is -2.19. The predicted molar refractivity (Wildman–Crippen MR) is 54.1 cm³/mol. The second-order valence-electron chi connectivity index (χ2n) is 4.23. The van der Waals surface area contributed by atoms with E-state index in [0.29, 0.717) is 17.9 Å². The quantitative estimate of drug-likeness (QED) is 0.655. The number of aromatic nitrogens is 1. The maximum absolute atomic E-state index is 11.3. The molecule has 2 heterocycles. The summed E-state index contributed by atoms with van der Waals surface area (Å²) < 4.78 is 10.1. The molecule has 1 aromatic rings. The first-order valence-electron chi connectivity index (χ1n) is 4.76. The Labute approximate surface area is 88.2 Å². The van der Waals surface area contributed by atoms with Crippen molar-refractivity contribution < 1.29 is 14.3 Å². The number of esters is 1. The van der Waals surface area contributed by atoms with Gasteiger partial charge in [-0.1, -0.05) is 13.8 Å². The summed E-state index contributed by atoms with van der Waals surface area (Å²) in [7, 11) is 1.35. The van der Waals surface area contributed by atoms with E-state index in [2.05, 4.69) is 23.6 Å². The van der Waals surface area contributed by atoms with Gasteiger partial charge in [0.05, 0.1) is 25.0 Å². The van der Waals surface area contributed by atoms with Crippen LogP contribution >= 0.6 is 0 Å². The van der Waals surface area contributed by atoms with E-state index in [0.717, 1.165) is 5.69 Å². The Hall–Kier alpha value is -1.58. The summed E-state index contributed by atoms with van der Waals surface area (Å²) in [5.41, 5.74) is 1.24. The predicted octanol–water partition coefficient (Wildman–Crippen LogP) is 1.54.